The number of likely N-dealkylation sites (N-methyl/N-ethyl adjacent to an activating group) is 2. The van der Waals surface area contributed by atoms with Crippen LogP contribution in [-0.4, -0.2) is 57.6 Å². The van der Waals surface area contributed by atoms with Gasteiger partial charge in [0.05, 0.1) is 13.7 Å². The molecule has 1 fully saturated rings. The predicted molar refractivity (Wildman–Crippen MR) is 73.2 cm³/mol. The molecule has 0 aromatic heterocycles. The van der Waals surface area contributed by atoms with Crippen molar-refractivity contribution >= 4 is 5.78 Å². The Morgan fingerprint density at radius 1 is 1.42 bits per heavy atom. The van der Waals surface area contributed by atoms with Crippen LogP contribution in [0.2, 0.25) is 0 Å². The van der Waals surface area contributed by atoms with Gasteiger partial charge in [-0.25, -0.2) is 0 Å². The second-order valence-corrected chi connectivity index (χ2v) is 4.78. The lowest BCUT2D eigenvalue weighted by Gasteiger charge is -2.36. The van der Waals surface area contributed by atoms with Gasteiger partial charge in [-0.15, -0.1) is 0 Å². The molecule has 0 spiro atoms. The van der Waals surface area contributed by atoms with Crippen molar-refractivity contribution in [2.45, 2.75) is 6.10 Å². The molecule has 1 aromatic rings. The molecule has 19 heavy (non-hydrogen) atoms. The van der Waals surface area contributed by atoms with Crippen molar-refractivity contribution in [1.29, 1.82) is 0 Å². The van der Waals surface area contributed by atoms with Crippen LogP contribution in [0.1, 0.15) is 10.4 Å². The molecule has 0 bridgehead atoms. The molecule has 0 aliphatic carbocycles. The van der Waals surface area contributed by atoms with E-state index in [-0.39, 0.29) is 11.9 Å². The highest BCUT2D eigenvalue weighted by molar-refractivity contribution is 5.98. The lowest BCUT2D eigenvalue weighted by molar-refractivity contribution is 0.0369. The minimum absolute atomic E-state index is 0.0377. The summed E-state index contributed by atoms with van der Waals surface area (Å²) in [6.07, 6.45) is 0.206. The monoisotopic (exact) mass is 264 g/mol. The van der Waals surface area contributed by atoms with Crippen LogP contribution in [0, 0.1) is 0 Å². The van der Waals surface area contributed by atoms with Crippen molar-refractivity contribution in [3.63, 3.8) is 0 Å². The highest BCUT2D eigenvalue weighted by Crippen LogP contribution is 2.30. The van der Waals surface area contributed by atoms with Gasteiger partial charge in [0.25, 0.3) is 0 Å². The van der Waals surface area contributed by atoms with Gasteiger partial charge in [0.15, 0.2) is 17.3 Å². The molecule has 1 aliphatic rings. The maximum Gasteiger partial charge on any atom is 0.176 e. The van der Waals surface area contributed by atoms with E-state index in [0.29, 0.717) is 23.6 Å². The smallest absolute Gasteiger partial charge is 0.176 e. The molecule has 5 nitrogen and oxygen atoms in total. The third kappa shape index (κ3) is 3.24. The van der Waals surface area contributed by atoms with Crippen LogP contribution in [0.15, 0.2) is 18.2 Å². The maximum atomic E-state index is 11.8. The number of nitrogens with one attached hydrogen (secondary N) is 1. The normalized spacial score (nSPS) is 15.9. The first kappa shape index (κ1) is 13.8. The summed E-state index contributed by atoms with van der Waals surface area (Å²) in [5.41, 5.74) is 0.629. The first-order chi connectivity index (χ1) is 9.13. The van der Waals surface area contributed by atoms with Crippen molar-refractivity contribution in [1.82, 2.24) is 10.2 Å². The molecular weight excluding hydrogens is 244 g/mol. The largest absolute Gasteiger partial charge is 0.493 e. The molecule has 0 amide bonds. The minimum Gasteiger partial charge on any atom is -0.493 e. The van der Waals surface area contributed by atoms with Gasteiger partial charge in [-0.2, -0.15) is 0 Å². The summed E-state index contributed by atoms with van der Waals surface area (Å²) in [6, 6.07) is 5.32. The number of nitrogens with zero attached hydrogens (tertiary/aromatic N) is 1. The molecule has 0 saturated carbocycles. The Labute approximate surface area is 113 Å². The summed E-state index contributed by atoms with van der Waals surface area (Å²) in [5, 5.41) is 2.85. The van der Waals surface area contributed by atoms with Gasteiger partial charge in [-0.3, -0.25) is 9.69 Å². The van der Waals surface area contributed by atoms with Crippen molar-refractivity contribution < 1.29 is 14.3 Å². The lowest BCUT2D eigenvalue weighted by atomic mass is 10.1. The van der Waals surface area contributed by atoms with E-state index in [1.54, 1.807) is 32.4 Å². The summed E-state index contributed by atoms with van der Waals surface area (Å²) < 4.78 is 11.1. The summed E-state index contributed by atoms with van der Waals surface area (Å²) in [5.74, 6) is 1.34. The van der Waals surface area contributed by atoms with Gasteiger partial charge in [0.1, 0.15) is 6.10 Å². The van der Waals surface area contributed by atoms with Crippen LogP contribution in [0.25, 0.3) is 0 Å². The summed E-state index contributed by atoms with van der Waals surface area (Å²) in [6.45, 7) is 2.16. The van der Waals surface area contributed by atoms with Gasteiger partial charge in [-0.1, -0.05) is 0 Å². The average Bonchev–Trinajstić information content (AvgIpc) is 2.37. The van der Waals surface area contributed by atoms with Gasteiger partial charge < -0.3 is 14.8 Å². The van der Waals surface area contributed by atoms with E-state index in [4.69, 9.17) is 9.47 Å². The second kappa shape index (κ2) is 6.04. The van der Waals surface area contributed by atoms with Crippen LogP contribution in [0.5, 0.6) is 11.5 Å². The number of benzene rings is 1. The molecule has 5 heteroatoms. The molecule has 2 rings (SSSR count). The Kier molecular flexibility index (Phi) is 4.39. The predicted octanol–water partition coefficient (Wildman–Crippen LogP) is 0.790. The Morgan fingerprint density at radius 3 is 2.74 bits per heavy atom. The Morgan fingerprint density at radius 2 is 2.16 bits per heavy atom. The van der Waals surface area contributed by atoms with E-state index in [0.717, 1.165) is 13.1 Å². The number of carbonyl (C=O) groups is 1. The highest BCUT2D eigenvalue weighted by atomic mass is 16.5. The Balaban J connectivity index is 2.09. The van der Waals surface area contributed by atoms with Crippen LogP contribution in [-0.2, 0) is 0 Å². The number of ether oxygens (including phenoxy) is 2. The number of hydrogen-bond acceptors (Lipinski definition) is 5. The van der Waals surface area contributed by atoms with E-state index < -0.39 is 0 Å². The molecule has 1 heterocycles. The standard InChI is InChI=1S/C14H20N2O3/c1-15-7-12(17)10-4-5-13(14(6-10)18-3)19-11-8-16(2)9-11/h4-6,11,15H,7-9H2,1-3H3. The maximum absolute atomic E-state index is 11.8. The number of carbonyl (C=O) groups excluding carboxylic acids is 1. The first-order valence-corrected chi connectivity index (χ1v) is 6.35. The van der Waals surface area contributed by atoms with Crippen molar-refractivity contribution in [2.75, 3.05) is 40.8 Å². The lowest BCUT2D eigenvalue weighted by Crippen LogP contribution is -2.51. The average molecular weight is 264 g/mol. The molecule has 1 saturated heterocycles. The van der Waals surface area contributed by atoms with Gasteiger partial charge in [0.2, 0.25) is 0 Å². The van der Waals surface area contributed by atoms with Crippen molar-refractivity contribution in [3.8, 4) is 11.5 Å². The Bertz CT molecular complexity index is 456. The van der Waals surface area contributed by atoms with Crippen LogP contribution < -0.4 is 14.8 Å². The molecule has 1 aliphatic heterocycles. The molecule has 0 unspecified atom stereocenters. The molecular formula is C14H20N2O3. The van der Waals surface area contributed by atoms with Crippen LogP contribution >= 0.6 is 0 Å². The van der Waals surface area contributed by atoms with E-state index in [2.05, 4.69) is 17.3 Å². The van der Waals surface area contributed by atoms with Crippen LogP contribution in [0.4, 0.5) is 0 Å². The number of likely N-dealkylation sites (tertiary alicyclic amines) is 1. The van der Waals surface area contributed by atoms with E-state index in [1.807, 2.05) is 0 Å². The summed E-state index contributed by atoms with van der Waals surface area (Å²) in [7, 11) is 5.39. The molecule has 1 aromatic carbocycles. The minimum atomic E-state index is 0.0377. The third-order valence-corrected chi connectivity index (χ3v) is 3.15. The fourth-order valence-corrected chi connectivity index (χ4v) is 2.10. The first-order valence-electron chi connectivity index (χ1n) is 6.35. The molecule has 0 atom stereocenters. The SMILES string of the molecule is CNCC(=O)c1ccc(OC2CN(C)C2)c(OC)c1. The van der Waals surface area contributed by atoms with Crippen molar-refractivity contribution in [2.24, 2.45) is 0 Å². The quantitative estimate of drug-likeness (QED) is 0.770. The molecule has 1 N–H and O–H groups in total. The number of methoxy groups -OCH3 is 1. The number of Topliss-reactive ketones (excluding diaryl/α,β-unsaturated/α-hetero) is 1. The number of rotatable bonds is 6. The van der Waals surface area contributed by atoms with E-state index >= 15 is 0 Å². The zero-order chi connectivity index (χ0) is 13.8. The number of ketones is 1. The zero-order valence-electron chi connectivity index (χ0n) is 11.6. The van der Waals surface area contributed by atoms with Crippen LogP contribution in [0.3, 0.4) is 0 Å². The van der Waals surface area contributed by atoms with E-state index in [1.165, 1.54) is 0 Å². The third-order valence-electron chi connectivity index (χ3n) is 3.15. The fourth-order valence-electron chi connectivity index (χ4n) is 2.10. The Hall–Kier alpha value is -1.59. The molecule has 104 valence electrons. The van der Waals surface area contributed by atoms with Gasteiger partial charge >= 0.3 is 0 Å². The fraction of sp³-hybridized carbons (Fsp3) is 0.500. The summed E-state index contributed by atoms with van der Waals surface area (Å²) in [4.78, 5) is 14.0. The van der Waals surface area contributed by atoms with Crippen molar-refractivity contribution in [3.05, 3.63) is 23.8 Å². The number of hydrogen-bond donors (Lipinski definition) is 1. The van der Waals surface area contributed by atoms with Gasteiger partial charge in [-0.05, 0) is 32.3 Å². The zero-order valence-corrected chi connectivity index (χ0v) is 11.6. The van der Waals surface area contributed by atoms with Gasteiger partial charge in [0, 0.05) is 18.7 Å². The summed E-state index contributed by atoms with van der Waals surface area (Å²) >= 11 is 0. The topological polar surface area (TPSA) is 50.8 Å². The second-order valence-electron chi connectivity index (χ2n) is 4.78. The van der Waals surface area contributed by atoms with E-state index in [9.17, 15) is 4.79 Å². The molecule has 0 radical (unpaired) electrons. The highest BCUT2D eigenvalue weighted by Gasteiger charge is 2.26.